The smallest absolute Gasteiger partial charge is 0.189 e. The van der Waals surface area contributed by atoms with Gasteiger partial charge in [0.2, 0.25) is 0 Å². The van der Waals surface area contributed by atoms with Gasteiger partial charge in [0.1, 0.15) is 0 Å². The van der Waals surface area contributed by atoms with Gasteiger partial charge in [0.15, 0.2) is 5.96 Å². The molecule has 1 aliphatic rings. The lowest BCUT2D eigenvalue weighted by molar-refractivity contribution is 0.596. The van der Waals surface area contributed by atoms with Crippen LogP contribution in [0, 0.1) is 0 Å². The van der Waals surface area contributed by atoms with Crippen molar-refractivity contribution in [3.63, 3.8) is 0 Å². The van der Waals surface area contributed by atoms with Crippen molar-refractivity contribution in [2.75, 3.05) is 6.54 Å². The fourth-order valence-electron chi connectivity index (χ4n) is 2.02. The predicted octanol–water partition coefficient (Wildman–Crippen LogP) is 1.60. The average Bonchev–Trinajstić information content (AvgIpc) is 2.29. The quantitative estimate of drug-likeness (QED) is 0.767. The first-order valence-electron chi connectivity index (χ1n) is 5.46. The number of nitrogens with one attached hydrogen (secondary N) is 1. The molecule has 1 aliphatic heterocycles. The van der Waals surface area contributed by atoms with Crippen LogP contribution in [0.4, 0.5) is 0 Å². The number of hydrogen-bond acceptors (Lipinski definition) is 3. The Kier molecular flexibility index (Phi) is 2.90. The second-order valence-electron chi connectivity index (χ2n) is 3.80. The van der Waals surface area contributed by atoms with Crippen molar-refractivity contribution < 1.29 is 0 Å². The summed E-state index contributed by atoms with van der Waals surface area (Å²) in [7, 11) is 0. The average molecular weight is 203 g/mol. The van der Waals surface area contributed by atoms with Crippen LogP contribution in [0.5, 0.6) is 0 Å². The Hall–Kier alpha value is -1.51. The van der Waals surface area contributed by atoms with Gasteiger partial charge < -0.3 is 11.1 Å². The molecule has 3 heteroatoms. The highest BCUT2D eigenvalue weighted by molar-refractivity contribution is 5.78. The Labute approximate surface area is 90.4 Å². The van der Waals surface area contributed by atoms with E-state index in [4.69, 9.17) is 5.73 Å². The second-order valence-corrected chi connectivity index (χ2v) is 3.80. The first-order chi connectivity index (χ1) is 7.31. The molecule has 1 aromatic carbocycles. The molecule has 1 aromatic rings. The third-order valence-corrected chi connectivity index (χ3v) is 2.81. The van der Waals surface area contributed by atoms with Crippen LogP contribution >= 0.6 is 0 Å². The van der Waals surface area contributed by atoms with Gasteiger partial charge >= 0.3 is 0 Å². The predicted molar refractivity (Wildman–Crippen MR) is 62.8 cm³/mol. The molecule has 0 aromatic heterocycles. The molecule has 2 rings (SSSR count). The summed E-state index contributed by atoms with van der Waals surface area (Å²) in [5.41, 5.74) is 8.39. The zero-order chi connectivity index (χ0) is 10.7. The van der Waals surface area contributed by atoms with Crippen LogP contribution in [0.1, 0.15) is 30.5 Å². The van der Waals surface area contributed by atoms with E-state index in [1.807, 2.05) is 0 Å². The summed E-state index contributed by atoms with van der Waals surface area (Å²) < 4.78 is 0. The molecule has 1 unspecified atom stereocenters. The zero-order valence-electron chi connectivity index (χ0n) is 9.03. The fraction of sp³-hybridized carbons (Fsp3) is 0.417. The minimum absolute atomic E-state index is 0.238. The summed E-state index contributed by atoms with van der Waals surface area (Å²) in [5.74, 6) is 0.567. The molecule has 80 valence electrons. The lowest BCUT2D eigenvalue weighted by Gasteiger charge is -2.22. The van der Waals surface area contributed by atoms with Gasteiger partial charge in [-0.1, -0.05) is 31.2 Å². The largest absolute Gasteiger partial charge is 0.370 e. The van der Waals surface area contributed by atoms with E-state index in [-0.39, 0.29) is 6.04 Å². The highest BCUT2D eigenvalue weighted by atomic mass is 15.1. The number of rotatable bonds is 2. The van der Waals surface area contributed by atoms with Crippen molar-refractivity contribution in [3.05, 3.63) is 35.4 Å². The molecule has 0 bridgehead atoms. The highest BCUT2D eigenvalue weighted by Gasteiger charge is 2.16. The standard InChI is InChI=1S/C12H17N3/c1-2-9-5-3-4-6-10(9)11-7-8-14-12(13)15-11/h3-6,11H,2,7-8H2,1H3,(H3,13,14,15). The zero-order valence-corrected chi connectivity index (χ0v) is 9.03. The lowest BCUT2D eigenvalue weighted by atomic mass is 9.96. The molecule has 0 aliphatic carbocycles. The maximum Gasteiger partial charge on any atom is 0.189 e. The van der Waals surface area contributed by atoms with E-state index >= 15 is 0 Å². The summed E-state index contributed by atoms with van der Waals surface area (Å²) in [6.07, 6.45) is 2.08. The SMILES string of the molecule is CCc1ccccc1C1CCNC(N)=N1. The number of benzene rings is 1. The van der Waals surface area contributed by atoms with Crippen molar-refractivity contribution in [2.45, 2.75) is 25.8 Å². The van der Waals surface area contributed by atoms with Crippen molar-refractivity contribution in [2.24, 2.45) is 10.7 Å². The normalized spacial score (nSPS) is 20.6. The molecule has 0 radical (unpaired) electrons. The minimum Gasteiger partial charge on any atom is -0.370 e. The number of guanidine groups is 1. The third kappa shape index (κ3) is 2.12. The Bertz CT molecular complexity index is 371. The van der Waals surface area contributed by atoms with Crippen molar-refractivity contribution in [3.8, 4) is 0 Å². The van der Waals surface area contributed by atoms with E-state index in [0.29, 0.717) is 5.96 Å². The Morgan fingerprint density at radius 2 is 2.27 bits per heavy atom. The van der Waals surface area contributed by atoms with Gasteiger partial charge in [-0.25, -0.2) is 4.99 Å². The molecule has 3 N–H and O–H groups in total. The van der Waals surface area contributed by atoms with Crippen LogP contribution in [0.3, 0.4) is 0 Å². The number of aliphatic imine (C=N–C) groups is 1. The summed E-state index contributed by atoms with van der Waals surface area (Å²) >= 11 is 0. The van der Waals surface area contributed by atoms with Gasteiger partial charge in [-0.2, -0.15) is 0 Å². The summed E-state index contributed by atoms with van der Waals surface area (Å²) in [4.78, 5) is 4.44. The summed E-state index contributed by atoms with van der Waals surface area (Å²) in [6, 6.07) is 8.72. The van der Waals surface area contributed by atoms with E-state index in [0.717, 1.165) is 19.4 Å². The van der Waals surface area contributed by atoms with Gasteiger partial charge in [-0.15, -0.1) is 0 Å². The number of hydrogen-bond donors (Lipinski definition) is 2. The van der Waals surface area contributed by atoms with Crippen LogP contribution in [-0.2, 0) is 6.42 Å². The van der Waals surface area contributed by atoms with Crippen LogP contribution in [0.2, 0.25) is 0 Å². The van der Waals surface area contributed by atoms with Gasteiger partial charge in [-0.3, -0.25) is 0 Å². The molecule has 0 saturated carbocycles. The summed E-state index contributed by atoms with van der Waals surface area (Å²) in [5, 5.41) is 3.05. The maximum absolute atomic E-state index is 5.69. The van der Waals surface area contributed by atoms with E-state index in [2.05, 4.69) is 41.5 Å². The van der Waals surface area contributed by atoms with E-state index in [1.54, 1.807) is 0 Å². The van der Waals surface area contributed by atoms with Crippen molar-refractivity contribution in [1.29, 1.82) is 0 Å². The first-order valence-corrected chi connectivity index (χ1v) is 5.46. The Morgan fingerprint density at radius 1 is 1.47 bits per heavy atom. The van der Waals surface area contributed by atoms with Gasteiger partial charge in [0, 0.05) is 6.54 Å². The van der Waals surface area contributed by atoms with E-state index < -0.39 is 0 Å². The van der Waals surface area contributed by atoms with Gasteiger partial charge in [0.25, 0.3) is 0 Å². The van der Waals surface area contributed by atoms with E-state index in [9.17, 15) is 0 Å². The molecule has 0 spiro atoms. The molecule has 1 atom stereocenters. The molecular formula is C12H17N3. The van der Waals surface area contributed by atoms with Crippen molar-refractivity contribution in [1.82, 2.24) is 5.32 Å². The van der Waals surface area contributed by atoms with E-state index in [1.165, 1.54) is 11.1 Å². The fourth-order valence-corrected chi connectivity index (χ4v) is 2.02. The molecule has 3 nitrogen and oxygen atoms in total. The second kappa shape index (κ2) is 4.34. The number of nitrogens with zero attached hydrogens (tertiary/aromatic N) is 1. The van der Waals surface area contributed by atoms with Crippen molar-refractivity contribution >= 4 is 5.96 Å². The summed E-state index contributed by atoms with van der Waals surface area (Å²) in [6.45, 7) is 3.09. The Balaban J connectivity index is 2.32. The third-order valence-electron chi connectivity index (χ3n) is 2.81. The first kappa shape index (κ1) is 10.0. The molecule has 0 fully saturated rings. The van der Waals surface area contributed by atoms with Crippen LogP contribution < -0.4 is 11.1 Å². The molecule has 1 heterocycles. The Morgan fingerprint density at radius 3 is 3.00 bits per heavy atom. The monoisotopic (exact) mass is 203 g/mol. The molecule has 0 amide bonds. The number of aryl methyl sites for hydroxylation is 1. The highest BCUT2D eigenvalue weighted by Crippen LogP contribution is 2.26. The topological polar surface area (TPSA) is 50.4 Å². The molecule has 0 saturated heterocycles. The van der Waals surface area contributed by atoms with Gasteiger partial charge in [-0.05, 0) is 24.0 Å². The number of nitrogens with two attached hydrogens (primary N) is 1. The lowest BCUT2D eigenvalue weighted by Crippen LogP contribution is -2.37. The molecular weight excluding hydrogens is 186 g/mol. The van der Waals surface area contributed by atoms with Crippen LogP contribution in [0.15, 0.2) is 29.3 Å². The molecule has 15 heavy (non-hydrogen) atoms. The maximum atomic E-state index is 5.69. The van der Waals surface area contributed by atoms with Crippen LogP contribution in [-0.4, -0.2) is 12.5 Å². The van der Waals surface area contributed by atoms with Crippen LogP contribution in [0.25, 0.3) is 0 Å². The minimum atomic E-state index is 0.238. The van der Waals surface area contributed by atoms with Gasteiger partial charge in [0.05, 0.1) is 6.04 Å².